The first kappa shape index (κ1) is 27.1. The molecule has 2 aromatic carbocycles. The summed E-state index contributed by atoms with van der Waals surface area (Å²) < 4.78 is 9.60. The fourth-order valence-electron chi connectivity index (χ4n) is 4.69. The van der Waals surface area contributed by atoms with Crippen LogP contribution in [0.1, 0.15) is 76.4 Å². The van der Waals surface area contributed by atoms with Gasteiger partial charge in [-0.15, -0.1) is 0 Å². The number of nitrogens with one attached hydrogen (secondary N) is 1. The lowest BCUT2D eigenvalue weighted by atomic mass is 9.94. The van der Waals surface area contributed by atoms with E-state index in [1.165, 1.54) is 4.90 Å². The summed E-state index contributed by atoms with van der Waals surface area (Å²) in [6.45, 7) is 4.34. The number of rotatable bonds is 9. The molecule has 38 heavy (non-hydrogen) atoms. The topological polar surface area (TPSA) is 141 Å². The number of carbonyl (C=O) groups excluding carboxylic acids is 3. The molecule has 3 aromatic rings. The third kappa shape index (κ3) is 5.96. The molecular weight excluding hydrogens is 502 g/mol. The third-order valence-corrected chi connectivity index (χ3v) is 7.50. The molecule has 0 aliphatic heterocycles. The lowest BCUT2D eigenvalue weighted by Crippen LogP contribution is -2.47. The van der Waals surface area contributed by atoms with Gasteiger partial charge in [0.1, 0.15) is 16.7 Å². The smallest absolute Gasteiger partial charge is 0.273 e. The van der Waals surface area contributed by atoms with Crippen LogP contribution in [0.3, 0.4) is 0 Å². The van der Waals surface area contributed by atoms with Crippen LogP contribution in [0.25, 0.3) is 0 Å². The molecule has 1 aliphatic rings. The molecule has 1 aliphatic carbocycles. The van der Waals surface area contributed by atoms with Gasteiger partial charge in [-0.3, -0.25) is 19.3 Å². The summed E-state index contributed by atoms with van der Waals surface area (Å²) in [7, 11) is 0. The molecule has 1 atom stereocenters. The van der Waals surface area contributed by atoms with Gasteiger partial charge in [-0.2, -0.15) is 4.37 Å². The number of hydrogen-bond acceptors (Lipinski definition) is 7. The van der Waals surface area contributed by atoms with E-state index in [4.69, 9.17) is 16.2 Å². The first-order valence-electron chi connectivity index (χ1n) is 12.8. The summed E-state index contributed by atoms with van der Waals surface area (Å²) in [4.78, 5) is 41.4. The zero-order chi connectivity index (χ0) is 27.2. The maximum atomic E-state index is 14.1. The molecule has 200 valence electrons. The second-order valence-electron chi connectivity index (χ2n) is 9.40. The zero-order valence-electron chi connectivity index (χ0n) is 21.6. The summed E-state index contributed by atoms with van der Waals surface area (Å²) in [5.74, 6) is -1.01. The average Bonchev–Trinajstić information content (AvgIpc) is 3.30. The number of carbonyl (C=O) groups is 3. The second kappa shape index (κ2) is 12.1. The molecule has 0 radical (unpaired) electrons. The summed E-state index contributed by atoms with van der Waals surface area (Å²) in [5, 5.41) is 3.18. The molecule has 1 aromatic heterocycles. The van der Waals surface area contributed by atoms with E-state index in [0.717, 1.165) is 49.2 Å². The van der Waals surface area contributed by atoms with Crippen molar-refractivity contribution < 1.29 is 19.1 Å². The van der Waals surface area contributed by atoms with Crippen molar-refractivity contribution in [1.29, 1.82) is 0 Å². The number of nitrogens with two attached hydrogens (primary N) is 2. The predicted molar refractivity (Wildman–Crippen MR) is 148 cm³/mol. The van der Waals surface area contributed by atoms with Gasteiger partial charge < -0.3 is 21.5 Å². The van der Waals surface area contributed by atoms with Gasteiger partial charge in [0, 0.05) is 11.7 Å². The minimum absolute atomic E-state index is 0.0337. The first-order chi connectivity index (χ1) is 18.3. The summed E-state index contributed by atoms with van der Waals surface area (Å²) in [5.41, 5.74) is 13.4. The number of benzene rings is 2. The number of ether oxygens (including phenoxy) is 1. The van der Waals surface area contributed by atoms with E-state index in [9.17, 15) is 14.4 Å². The number of anilines is 2. The highest BCUT2D eigenvalue weighted by atomic mass is 32.1. The Morgan fingerprint density at radius 2 is 1.74 bits per heavy atom. The number of hydrogen-bond donors (Lipinski definition) is 3. The molecular formula is C28H33N5O4S. The molecule has 1 fully saturated rings. The molecule has 0 saturated heterocycles. The largest absolute Gasteiger partial charge is 0.494 e. The molecule has 5 N–H and O–H groups in total. The highest BCUT2D eigenvalue weighted by Gasteiger charge is 2.37. The van der Waals surface area contributed by atoms with E-state index in [1.54, 1.807) is 36.4 Å². The van der Waals surface area contributed by atoms with Crippen molar-refractivity contribution in [3.8, 4) is 5.75 Å². The van der Waals surface area contributed by atoms with Crippen molar-refractivity contribution in [2.75, 3.05) is 17.2 Å². The van der Waals surface area contributed by atoms with Crippen molar-refractivity contribution in [1.82, 2.24) is 9.69 Å². The van der Waals surface area contributed by atoms with Gasteiger partial charge in [-0.1, -0.05) is 49.1 Å². The quantitative estimate of drug-likeness (QED) is 0.372. The van der Waals surface area contributed by atoms with E-state index < -0.39 is 17.9 Å². The van der Waals surface area contributed by atoms with E-state index in [0.29, 0.717) is 23.6 Å². The molecule has 0 unspecified atom stereocenters. The van der Waals surface area contributed by atoms with Crippen LogP contribution in [-0.2, 0) is 4.79 Å². The van der Waals surface area contributed by atoms with Crippen molar-refractivity contribution in [3.63, 3.8) is 0 Å². The van der Waals surface area contributed by atoms with Gasteiger partial charge in [0.2, 0.25) is 5.91 Å². The minimum atomic E-state index is -1.01. The Bertz CT molecular complexity index is 1280. The van der Waals surface area contributed by atoms with Crippen molar-refractivity contribution in [2.24, 2.45) is 5.73 Å². The maximum Gasteiger partial charge on any atom is 0.273 e. The van der Waals surface area contributed by atoms with E-state index in [2.05, 4.69) is 9.69 Å². The molecule has 9 nitrogen and oxygen atoms in total. The summed E-state index contributed by atoms with van der Waals surface area (Å²) in [6, 6.07) is 13.5. The Hall–Kier alpha value is -3.92. The van der Waals surface area contributed by atoms with Crippen LogP contribution in [0.4, 0.5) is 11.4 Å². The van der Waals surface area contributed by atoms with Crippen LogP contribution in [0, 0.1) is 6.92 Å². The van der Waals surface area contributed by atoms with E-state index in [1.807, 2.05) is 26.0 Å². The van der Waals surface area contributed by atoms with Gasteiger partial charge in [0.15, 0.2) is 5.69 Å². The number of amides is 3. The second-order valence-corrected chi connectivity index (χ2v) is 10.2. The molecule has 3 amide bonds. The first-order valence-corrected chi connectivity index (χ1v) is 13.6. The number of nitrogens with zero attached hydrogens (tertiary/aromatic N) is 2. The van der Waals surface area contributed by atoms with Crippen LogP contribution in [0.5, 0.6) is 5.75 Å². The molecule has 4 rings (SSSR count). The van der Waals surface area contributed by atoms with E-state index >= 15 is 0 Å². The highest BCUT2D eigenvalue weighted by molar-refractivity contribution is 7.09. The molecule has 10 heteroatoms. The van der Waals surface area contributed by atoms with E-state index in [-0.39, 0.29) is 28.2 Å². The normalized spacial score (nSPS) is 14.5. The number of primary amides is 1. The minimum Gasteiger partial charge on any atom is -0.494 e. The van der Waals surface area contributed by atoms with Crippen molar-refractivity contribution in [3.05, 3.63) is 70.2 Å². The third-order valence-electron chi connectivity index (χ3n) is 6.65. The van der Waals surface area contributed by atoms with Gasteiger partial charge >= 0.3 is 0 Å². The van der Waals surface area contributed by atoms with Gasteiger partial charge in [-0.25, -0.2) is 0 Å². The fourth-order valence-corrected chi connectivity index (χ4v) is 5.43. The summed E-state index contributed by atoms with van der Waals surface area (Å²) >= 11 is 0.789. The lowest BCUT2D eigenvalue weighted by molar-refractivity contribution is -0.123. The standard InChI is InChI=1S/C28H33N5O4S/c1-3-37-21-15-11-18(12-16-21)24(27(35)31-19-7-5-4-6-8-19)33(20-13-9-17(2)10-14-20)28(36)25-22(29)23(26(30)34)32-38-25/h9-16,19,24H,3-8,29H2,1-2H3,(H2,30,34)(H,31,35)/t24-/m0/s1. The Morgan fingerprint density at radius 1 is 1.08 bits per heavy atom. The predicted octanol–water partition coefficient (Wildman–Crippen LogP) is 4.37. The van der Waals surface area contributed by atoms with Crippen molar-refractivity contribution >= 4 is 40.6 Å². The van der Waals surface area contributed by atoms with Crippen LogP contribution < -0.4 is 26.4 Å². The summed E-state index contributed by atoms with van der Waals surface area (Å²) in [6.07, 6.45) is 5.03. The maximum absolute atomic E-state index is 14.1. The van der Waals surface area contributed by atoms with Gasteiger partial charge in [0.05, 0.1) is 12.3 Å². The molecule has 0 spiro atoms. The monoisotopic (exact) mass is 535 g/mol. The zero-order valence-corrected chi connectivity index (χ0v) is 22.4. The lowest BCUT2D eigenvalue weighted by Gasteiger charge is -2.33. The average molecular weight is 536 g/mol. The number of aromatic nitrogens is 1. The van der Waals surface area contributed by atoms with Crippen LogP contribution >= 0.6 is 11.5 Å². The van der Waals surface area contributed by atoms with Crippen LogP contribution in [0.15, 0.2) is 48.5 Å². The highest BCUT2D eigenvalue weighted by Crippen LogP contribution is 2.34. The number of nitrogen functional groups attached to an aromatic ring is 1. The molecule has 0 bridgehead atoms. The molecule has 1 saturated carbocycles. The van der Waals surface area contributed by atoms with Gasteiger partial charge in [-0.05, 0) is 68.1 Å². The Labute approximate surface area is 226 Å². The van der Waals surface area contributed by atoms with Crippen LogP contribution in [-0.4, -0.2) is 34.7 Å². The van der Waals surface area contributed by atoms with Crippen LogP contribution in [0.2, 0.25) is 0 Å². The van der Waals surface area contributed by atoms with Crippen molar-refractivity contribution in [2.45, 2.75) is 58.0 Å². The SMILES string of the molecule is CCOc1ccc([C@@H](C(=O)NC2CCCCC2)N(C(=O)c2snc(C(N)=O)c2N)c2ccc(C)cc2)cc1. The number of aryl methyl sites for hydroxylation is 1. The molecule has 1 heterocycles. The Kier molecular flexibility index (Phi) is 8.62. The Morgan fingerprint density at radius 3 is 2.32 bits per heavy atom. The fraction of sp³-hybridized carbons (Fsp3) is 0.357. The van der Waals surface area contributed by atoms with Gasteiger partial charge in [0.25, 0.3) is 11.8 Å². The Balaban J connectivity index is 1.82.